The molecule has 0 radical (unpaired) electrons. The number of hydrogen-bond acceptors (Lipinski definition) is 3. The third-order valence-corrected chi connectivity index (χ3v) is 8.86. The van der Waals surface area contributed by atoms with E-state index < -0.39 is 0 Å². The lowest BCUT2D eigenvalue weighted by Gasteiger charge is -2.19. The van der Waals surface area contributed by atoms with Crippen molar-refractivity contribution in [3.05, 3.63) is 157 Å². The van der Waals surface area contributed by atoms with Crippen molar-refractivity contribution in [3.8, 4) is 56.2 Å². The Hall–Kier alpha value is -5.80. The number of benzene rings is 6. The molecule has 0 saturated carbocycles. The van der Waals surface area contributed by atoms with Gasteiger partial charge < -0.3 is 4.42 Å². The molecule has 8 rings (SSSR count). The van der Waals surface area contributed by atoms with E-state index in [4.69, 9.17) is 14.4 Å². The second-order valence-electron chi connectivity index (χ2n) is 13.1. The van der Waals surface area contributed by atoms with Gasteiger partial charge in [-0.1, -0.05) is 142 Å². The molecule has 0 fully saturated rings. The van der Waals surface area contributed by atoms with Gasteiger partial charge in [0.1, 0.15) is 11.2 Å². The minimum atomic E-state index is 0.0745. The molecule has 0 unspecified atom stereocenters. The van der Waals surface area contributed by atoms with Gasteiger partial charge in [-0.3, -0.25) is 0 Å². The second kappa shape index (κ2) is 11.5. The maximum atomic E-state index is 6.51. The topological polar surface area (TPSA) is 38.9 Å². The van der Waals surface area contributed by atoms with Crippen LogP contribution in [0.3, 0.4) is 0 Å². The van der Waals surface area contributed by atoms with E-state index in [-0.39, 0.29) is 5.41 Å². The molecule has 47 heavy (non-hydrogen) atoms. The maximum Gasteiger partial charge on any atom is 0.160 e. The maximum absolute atomic E-state index is 6.51. The molecular weight excluding hydrogens is 572 g/mol. The molecule has 0 bridgehead atoms. The van der Waals surface area contributed by atoms with Crippen LogP contribution < -0.4 is 0 Å². The van der Waals surface area contributed by atoms with Gasteiger partial charge in [-0.15, -0.1) is 0 Å². The molecule has 3 heteroatoms. The van der Waals surface area contributed by atoms with Gasteiger partial charge in [0.05, 0.1) is 11.4 Å². The zero-order valence-corrected chi connectivity index (χ0v) is 26.7. The van der Waals surface area contributed by atoms with Gasteiger partial charge in [0.25, 0.3) is 0 Å². The lowest BCUT2D eigenvalue weighted by molar-refractivity contribution is 0.590. The van der Waals surface area contributed by atoms with Crippen LogP contribution >= 0.6 is 0 Å². The predicted molar refractivity (Wildman–Crippen MR) is 195 cm³/mol. The van der Waals surface area contributed by atoms with Crippen molar-refractivity contribution < 1.29 is 4.42 Å². The summed E-state index contributed by atoms with van der Waals surface area (Å²) in [6.45, 7) is 6.75. The highest BCUT2D eigenvalue weighted by atomic mass is 16.3. The molecular formula is C44H34N2O. The Morgan fingerprint density at radius 3 is 1.77 bits per heavy atom. The molecule has 0 amide bonds. The number of aromatic nitrogens is 2. The van der Waals surface area contributed by atoms with E-state index in [2.05, 4.69) is 124 Å². The van der Waals surface area contributed by atoms with E-state index >= 15 is 0 Å². The van der Waals surface area contributed by atoms with Crippen molar-refractivity contribution in [1.82, 2.24) is 9.97 Å². The van der Waals surface area contributed by atoms with Crippen LogP contribution in [0.2, 0.25) is 0 Å². The van der Waals surface area contributed by atoms with Crippen LogP contribution in [0.15, 0.2) is 156 Å². The average Bonchev–Trinajstić information content (AvgIpc) is 3.51. The molecule has 0 atom stereocenters. The zero-order valence-electron chi connectivity index (χ0n) is 26.7. The molecule has 0 aliphatic carbocycles. The second-order valence-corrected chi connectivity index (χ2v) is 13.1. The highest BCUT2D eigenvalue weighted by molar-refractivity contribution is 6.09. The largest absolute Gasteiger partial charge is 0.455 e. The monoisotopic (exact) mass is 606 g/mol. The molecule has 0 aliphatic heterocycles. The minimum Gasteiger partial charge on any atom is -0.455 e. The first kappa shape index (κ1) is 28.7. The molecule has 2 heterocycles. The number of furan rings is 1. The summed E-state index contributed by atoms with van der Waals surface area (Å²) < 4.78 is 6.51. The smallest absolute Gasteiger partial charge is 0.160 e. The minimum absolute atomic E-state index is 0.0745. The molecule has 0 aliphatic rings. The molecule has 0 N–H and O–H groups in total. The van der Waals surface area contributed by atoms with Gasteiger partial charge in [0, 0.05) is 33.0 Å². The van der Waals surface area contributed by atoms with Gasteiger partial charge in [0.15, 0.2) is 5.82 Å². The fourth-order valence-electron chi connectivity index (χ4n) is 6.30. The Morgan fingerprint density at radius 2 is 1.04 bits per heavy atom. The lowest BCUT2D eigenvalue weighted by atomic mass is 9.86. The van der Waals surface area contributed by atoms with Crippen LogP contribution in [0, 0.1) is 0 Å². The van der Waals surface area contributed by atoms with E-state index in [1.807, 2.05) is 48.5 Å². The summed E-state index contributed by atoms with van der Waals surface area (Å²) in [7, 11) is 0. The van der Waals surface area contributed by atoms with Crippen LogP contribution in [0.1, 0.15) is 26.3 Å². The predicted octanol–water partition coefficient (Wildman–Crippen LogP) is 12.0. The number of rotatable bonds is 5. The van der Waals surface area contributed by atoms with Crippen molar-refractivity contribution in [2.45, 2.75) is 26.2 Å². The van der Waals surface area contributed by atoms with Crippen LogP contribution in [0.5, 0.6) is 0 Å². The Bertz CT molecular complexity index is 2310. The van der Waals surface area contributed by atoms with E-state index in [1.54, 1.807) is 0 Å². The van der Waals surface area contributed by atoms with Gasteiger partial charge in [-0.2, -0.15) is 0 Å². The molecule has 8 aromatic rings. The Kier molecular flexibility index (Phi) is 7.03. The van der Waals surface area contributed by atoms with E-state index in [9.17, 15) is 0 Å². The van der Waals surface area contributed by atoms with Crippen LogP contribution in [0.4, 0.5) is 0 Å². The van der Waals surface area contributed by atoms with E-state index in [0.717, 1.165) is 72.3 Å². The highest BCUT2D eigenvalue weighted by Gasteiger charge is 2.18. The van der Waals surface area contributed by atoms with Gasteiger partial charge in [-0.25, -0.2) is 9.97 Å². The molecule has 2 aromatic heterocycles. The van der Waals surface area contributed by atoms with Crippen molar-refractivity contribution in [2.24, 2.45) is 0 Å². The third kappa shape index (κ3) is 5.51. The average molecular weight is 607 g/mol. The summed E-state index contributed by atoms with van der Waals surface area (Å²) >= 11 is 0. The van der Waals surface area contributed by atoms with Crippen LogP contribution in [-0.2, 0) is 5.41 Å². The summed E-state index contributed by atoms with van der Waals surface area (Å²) in [6, 6.07) is 53.0. The van der Waals surface area contributed by atoms with Crippen LogP contribution in [-0.4, -0.2) is 9.97 Å². The molecule has 226 valence electrons. The van der Waals surface area contributed by atoms with E-state index in [1.165, 1.54) is 5.56 Å². The van der Waals surface area contributed by atoms with Gasteiger partial charge in [0.2, 0.25) is 0 Å². The number of nitrogens with zero attached hydrogens (tertiary/aromatic N) is 2. The summed E-state index contributed by atoms with van der Waals surface area (Å²) in [6.07, 6.45) is 0. The van der Waals surface area contributed by atoms with Crippen molar-refractivity contribution in [2.75, 3.05) is 0 Å². The van der Waals surface area contributed by atoms with E-state index in [0.29, 0.717) is 5.82 Å². The molecule has 6 aromatic carbocycles. The van der Waals surface area contributed by atoms with Gasteiger partial charge in [-0.05, 0) is 58.0 Å². The fourth-order valence-corrected chi connectivity index (χ4v) is 6.30. The van der Waals surface area contributed by atoms with Crippen molar-refractivity contribution in [3.63, 3.8) is 0 Å². The van der Waals surface area contributed by atoms with Gasteiger partial charge >= 0.3 is 0 Å². The van der Waals surface area contributed by atoms with Crippen LogP contribution in [0.25, 0.3) is 78.1 Å². The third-order valence-electron chi connectivity index (χ3n) is 8.86. The summed E-state index contributed by atoms with van der Waals surface area (Å²) in [5.41, 5.74) is 12.3. The number of hydrogen-bond donors (Lipinski definition) is 0. The molecule has 0 saturated heterocycles. The van der Waals surface area contributed by atoms with Crippen molar-refractivity contribution >= 4 is 21.9 Å². The lowest BCUT2D eigenvalue weighted by Crippen LogP contribution is -2.10. The zero-order chi connectivity index (χ0) is 32.0. The quantitative estimate of drug-likeness (QED) is 0.196. The Labute approximate surface area is 275 Å². The summed E-state index contributed by atoms with van der Waals surface area (Å²) in [4.78, 5) is 10.2. The first-order valence-electron chi connectivity index (χ1n) is 16.1. The standard InChI is InChI=1S/C44H34N2O/c1-44(2,3)35-23-21-29(22-24-35)32-25-33(36-18-12-19-38-37-17-10-11-20-41(37)47-42(36)38)27-34(26-32)40-28-39(30-13-6-4-7-14-30)45-43(46-40)31-15-8-5-9-16-31/h4-28H,1-3H3. The first-order valence-corrected chi connectivity index (χ1v) is 16.1. The summed E-state index contributed by atoms with van der Waals surface area (Å²) in [5, 5.41) is 2.23. The fraction of sp³-hybridized carbons (Fsp3) is 0.0909. The number of para-hydroxylation sites is 2. The Morgan fingerprint density at radius 1 is 0.447 bits per heavy atom. The first-order chi connectivity index (χ1) is 22.9. The summed E-state index contributed by atoms with van der Waals surface area (Å²) in [5.74, 6) is 0.697. The number of fused-ring (bicyclic) bond motifs is 3. The molecule has 3 nitrogen and oxygen atoms in total. The SMILES string of the molecule is CC(C)(C)c1ccc(-c2cc(-c3cc(-c4ccccc4)nc(-c4ccccc4)n3)cc(-c3cccc4c3oc3ccccc34)c2)cc1. The molecule has 0 spiro atoms. The normalized spacial score (nSPS) is 11.7. The van der Waals surface area contributed by atoms with Crippen molar-refractivity contribution in [1.29, 1.82) is 0 Å². The Balaban J connectivity index is 1.37. The highest BCUT2D eigenvalue weighted by Crippen LogP contribution is 2.40.